The third-order valence-electron chi connectivity index (χ3n) is 5.84. The van der Waals surface area contributed by atoms with Gasteiger partial charge in [-0.2, -0.15) is 0 Å². The average Bonchev–Trinajstić information content (AvgIpc) is 3.51. The molecule has 0 unspecified atom stereocenters. The van der Waals surface area contributed by atoms with Gasteiger partial charge in [-0.05, 0) is 25.6 Å². The van der Waals surface area contributed by atoms with Gasteiger partial charge in [0.05, 0.1) is 24.1 Å². The van der Waals surface area contributed by atoms with Crippen molar-refractivity contribution < 1.29 is 4.52 Å². The van der Waals surface area contributed by atoms with Gasteiger partial charge in [-0.15, -0.1) is 0 Å². The molecule has 0 atom stereocenters. The van der Waals surface area contributed by atoms with Crippen LogP contribution in [0.15, 0.2) is 76.6 Å². The highest BCUT2D eigenvalue weighted by molar-refractivity contribution is 5.68. The third kappa shape index (κ3) is 4.67. The first kappa shape index (κ1) is 22.4. The van der Waals surface area contributed by atoms with Crippen molar-refractivity contribution in [3.63, 3.8) is 0 Å². The molecule has 0 aliphatic rings. The summed E-state index contributed by atoms with van der Waals surface area (Å²) in [5.41, 5.74) is 5.50. The molecule has 0 bridgehead atoms. The van der Waals surface area contributed by atoms with Crippen LogP contribution in [0.2, 0.25) is 0 Å². The van der Waals surface area contributed by atoms with Gasteiger partial charge in [0.2, 0.25) is 0 Å². The lowest BCUT2D eigenvalue weighted by molar-refractivity contribution is 0.433. The number of nitrogens with zero attached hydrogens (tertiary/aromatic N) is 6. The standard InChI is InChI=1S/C26H25N7O2/c1-17-26(23-12-21(31-35-23)19-6-4-18(5-7-19)13-27-2)30-22(14-29-17)20-8-9-25(34)33(15-20)16-24-28-10-11-32(24)3/h4-12,14-15,27H,13,16H2,1-3H3. The number of hydrogen-bond acceptors (Lipinski definition) is 7. The van der Waals surface area contributed by atoms with E-state index >= 15 is 0 Å². The van der Waals surface area contributed by atoms with Gasteiger partial charge in [-0.3, -0.25) is 9.78 Å². The summed E-state index contributed by atoms with van der Waals surface area (Å²) in [4.78, 5) is 26.1. The minimum Gasteiger partial charge on any atom is -0.354 e. The fourth-order valence-corrected chi connectivity index (χ4v) is 3.85. The van der Waals surface area contributed by atoms with Crippen LogP contribution in [0.3, 0.4) is 0 Å². The minimum absolute atomic E-state index is 0.113. The van der Waals surface area contributed by atoms with Crippen LogP contribution in [0.5, 0.6) is 0 Å². The van der Waals surface area contributed by atoms with Crippen molar-refractivity contribution in [1.82, 2.24) is 34.6 Å². The number of aryl methyl sites for hydroxylation is 2. The molecule has 176 valence electrons. The van der Waals surface area contributed by atoms with Crippen LogP contribution < -0.4 is 10.9 Å². The normalized spacial score (nSPS) is 11.2. The highest BCUT2D eigenvalue weighted by Gasteiger charge is 2.15. The van der Waals surface area contributed by atoms with E-state index in [2.05, 4.69) is 32.6 Å². The zero-order chi connectivity index (χ0) is 24.4. The maximum Gasteiger partial charge on any atom is 0.250 e. The molecule has 0 radical (unpaired) electrons. The summed E-state index contributed by atoms with van der Waals surface area (Å²) in [5.74, 6) is 1.32. The maximum absolute atomic E-state index is 12.4. The first-order chi connectivity index (χ1) is 17.0. The summed E-state index contributed by atoms with van der Waals surface area (Å²) in [6.45, 7) is 3.05. The van der Waals surface area contributed by atoms with E-state index in [0.717, 1.165) is 34.9 Å². The number of nitrogens with one attached hydrogen (secondary N) is 1. The molecule has 0 aliphatic carbocycles. The topological polar surface area (TPSA) is 104 Å². The molecule has 9 heteroatoms. The van der Waals surface area contributed by atoms with Gasteiger partial charge in [0.1, 0.15) is 17.2 Å². The molecule has 1 N–H and O–H groups in total. The number of rotatable bonds is 7. The van der Waals surface area contributed by atoms with E-state index < -0.39 is 0 Å². The molecular formula is C26H25N7O2. The summed E-state index contributed by atoms with van der Waals surface area (Å²) in [6.07, 6.45) is 7.04. The number of benzene rings is 1. The number of pyridine rings is 1. The van der Waals surface area contributed by atoms with E-state index in [9.17, 15) is 4.79 Å². The van der Waals surface area contributed by atoms with Crippen molar-refractivity contribution >= 4 is 0 Å². The molecule has 5 aromatic rings. The van der Waals surface area contributed by atoms with E-state index in [1.807, 2.05) is 50.0 Å². The van der Waals surface area contributed by atoms with Gasteiger partial charge in [0.25, 0.3) is 5.56 Å². The Morgan fingerprint density at radius 2 is 1.83 bits per heavy atom. The summed E-state index contributed by atoms with van der Waals surface area (Å²) >= 11 is 0. The Morgan fingerprint density at radius 1 is 1.03 bits per heavy atom. The van der Waals surface area contributed by atoms with Crippen molar-refractivity contribution in [3.05, 3.63) is 94.7 Å². The van der Waals surface area contributed by atoms with Crippen LogP contribution in [0.1, 0.15) is 17.1 Å². The van der Waals surface area contributed by atoms with E-state index in [1.54, 1.807) is 29.2 Å². The minimum atomic E-state index is -0.113. The molecule has 0 amide bonds. The molecule has 1 aromatic carbocycles. The van der Waals surface area contributed by atoms with Crippen LogP contribution in [0, 0.1) is 6.92 Å². The van der Waals surface area contributed by atoms with E-state index in [4.69, 9.17) is 9.51 Å². The van der Waals surface area contributed by atoms with Gasteiger partial charge in [0.15, 0.2) is 5.76 Å². The van der Waals surface area contributed by atoms with Crippen LogP contribution in [0.4, 0.5) is 0 Å². The molecular weight excluding hydrogens is 442 g/mol. The number of aromatic nitrogens is 6. The summed E-state index contributed by atoms with van der Waals surface area (Å²) in [5, 5.41) is 7.39. The first-order valence-corrected chi connectivity index (χ1v) is 11.2. The average molecular weight is 468 g/mol. The third-order valence-corrected chi connectivity index (χ3v) is 5.84. The van der Waals surface area contributed by atoms with Crippen molar-refractivity contribution in [1.29, 1.82) is 0 Å². The molecule has 4 aromatic heterocycles. The Labute approximate surface area is 202 Å². The van der Waals surface area contributed by atoms with Crippen molar-refractivity contribution in [2.75, 3.05) is 7.05 Å². The monoisotopic (exact) mass is 467 g/mol. The quantitative estimate of drug-likeness (QED) is 0.391. The smallest absolute Gasteiger partial charge is 0.250 e. The highest BCUT2D eigenvalue weighted by Crippen LogP contribution is 2.28. The highest BCUT2D eigenvalue weighted by atomic mass is 16.5. The zero-order valence-corrected chi connectivity index (χ0v) is 19.8. The predicted octanol–water partition coefficient (Wildman–Crippen LogP) is 3.44. The summed E-state index contributed by atoms with van der Waals surface area (Å²) < 4.78 is 9.15. The SMILES string of the molecule is CNCc1ccc(-c2cc(-c3nc(-c4ccc(=O)n(Cc5nccn5C)c4)cnc3C)on2)cc1. The fraction of sp³-hybridized carbons (Fsp3) is 0.192. The lowest BCUT2D eigenvalue weighted by Crippen LogP contribution is -2.20. The fourth-order valence-electron chi connectivity index (χ4n) is 3.85. The molecule has 35 heavy (non-hydrogen) atoms. The number of hydrogen-bond donors (Lipinski definition) is 1. The van der Waals surface area contributed by atoms with E-state index in [-0.39, 0.29) is 5.56 Å². The maximum atomic E-state index is 12.4. The van der Waals surface area contributed by atoms with Crippen molar-refractivity contribution in [2.45, 2.75) is 20.0 Å². The van der Waals surface area contributed by atoms with Gasteiger partial charge in [-0.25, -0.2) is 9.97 Å². The van der Waals surface area contributed by atoms with Crippen LogP contribution in [0.25, 0.3) is 34.0 Å². The van der Waals surface area contributed by atoms with Crippen molar-refractivity contribution in [3.8, 4) is 34.0 Å². The lowest BCUT2D eigenvalue weighted by Gasteiger charge is -2.09. The van der Waals surface area contributed by atoms with Gasteiger partial charge in [-0.1, -0.05) is 29.4 Å². The second kappa shape index (κ2) is 9.47. The molecule has 5 rings (SSSR count). The van der Waals surface area contributed by atoms with Gasteiger partial charge >= 0.3 is 0 Å². The Kier molecular flexibility index (Phi) is 6.07. The lowest BCUT2D eigenvalue weighted by atomic mass is 10.1. The Balaban J connectivity index is 1.46. The molecule has 0 aliphatic heterocycles. The largest absolute Gasteiger partial charge is 0.354 e. The first-order valence-electron chi connectivity index (χ1n) is 11.2. The van der Waals surface area contributed by atoms with Crippen molar-refractivity contribution in [2.24, 2.45) is 7.05 Å². The zero-order valence-electron chi connectivity index (χ0n) is 19.8. The predicted molar refractivity (Wildman–Crippen MR) is 132 cm³/mol. The second-order valence-electron chi connectivity index (χ2n) is 8.33. The Hall–Kier alpha value is -4.37. The molecule has 0 spiro atoms. The van der Waals surface area contributed by atoms with Crippen LogP contribution >= 0.6 is 0 Å². The molecule has 0 saturated carbocycles. The summed E-state index contributed by atoms with van der Waals surface area (Å²) in [6, 6.07) is 13.3. The molecule has 9 nitrogen and oxygen atoms in total. The number of imidazole rings is 1. The summed E-state index contributed by atoms with van der Waals surface area (Å²) in [7, 11) is 3.82. The van der Waals surface area contributed by atoms with Gasteiger partial charge in [0, 0.05) is 55.4 Å². The molecule has 0 fully saturated rings. The van der Waals surface area contributed by atoms with Gasteiger partial charge < -0.3 is 19.0 Å². The Bertz CT molecular complexity index is 1530. The van der Waals surface area contributed by atoms with Crippen LogP contribution in [-0.2, 0) is 20.1 Å². The molecule has 0 saturated heterocycles. The second-order valence-corrected chi connectivity index (χ2v) is 8.33. The van der Waals surface area contributed by atoms with E-state index in [0.29, 0.717) is 23.7 Å². The molecule has 4 heterocycles. The van der Waals surface area contributed by atoms with Crippen LogP contribution in [-0.4, -0.2) is 36.3 Å². The Morgan fingerprint density at radius 3 is 2.57 bits per heavy atom. The van der Waals surface area contributed by atoms with E-state index in [1.165, 1.54) is 11.6 Å².